The van der Waals surface area contributed by atoms with E-state index in [1.165, 1.54) is 19.3 Å². The number of hydrogen-bond donors (Lipinski definition) is 2. The number of hydrogen-bond acceptors (Lipinski definition) is 2. The number of aliphatic carboxylic acids is 1. The van der Waals surface area contributed by atoms with Crippen molar-refractivity contribution in [3.63, 3.8) is 0 Å². The Hall–Kier alpha value is -0.990. The van der Waals surface area contributed by atoms with E-state index in [2.05, 4.69) is 6.92 Å². The van der Waals surface area contributed by atoms with Crippen LogP contribution in [0.2, 0.25) is 0 Å². The normalized spacial score (nSPS) is 11.6. The van der Waals surface area contributed by atoms with Crippen molar-refractivity contribution in [1.29, 1.82) is 0 Å². The summed E-state index contributed by atoms with van der Waals surface area (Å²) >= 11 is 0. The summed E-state index contributed by atoms with van der Waals surface area (Å²) in [5, 5.41) is 17.6. The Labute approximate surface area is 85.4 Å². The van der Waals surface area contributed by atoms with E-state index in [0.29, 0.717) is 0 Å². The zero-order chi connectivity index (χ0) is 10.8. The highest BCUT2D eigenvalue weighted by Crippen LogP contribution is 2.07. The van der Waals surface area contributed by atoms with E-state index >= 15 is 0 Å². The van der Waals surface area contributed by atoms with Crippen LogP contribution in [0.5, 0.6) is 0 Å². The summed E-state index contributed by atoms with van der Waals surface area (Å²) in [6.07, 6.45) is 7.53. The van der Waals surface area contributed by atoms with E-state index in [4.69, 9.17) is 5.11 Å². The predicted molar refractivity (Wildman–Crippen MR) is 56.3 cm³/mol. The number of allylic oxidation sites excluding steroid dienone is 2. The van der Waals surface area contributed by atoms with Crippen molar-refractivity contribution in [2.45, 2.75) is 51.9 Å². The molecular weight excluding hydrogens is 180 g/mol. The van der Waals surface area contributed by atoms with Gasteiger partial charge in [0.2, 0.25) is 0 Å². The third-order valence-electron chi connectivity index (χ3n) is 2.03. The summed E-state index contributed by atoms with van der Waals surface area (Å²) in [5.41, 5.74) is 0. The van der Waals surface area contributed by atoms with E-state index in [-0.39, 0.29) is 18.6 Å². The van der Waals surface area contributed by atoms with Crippen LogP contribution in [0.3, 0.4) is 0 Å². The van der Waals surface area contributed by atoms with Gasteiger partial charge in [-0.1, -0.05) is 26.2 Å². The van der Waals surface area contributed by atoms with Crippen LogP contribution in [0.4, 0.5) is 0 Å². The van der Waals surface area contributed by atoms with Crippen LogP contribution < -0.4 is 0 Å². The molecule has 0 rings (SSSR count). The molecule has 0 radical (unpaired) electrons. The first-order chi connectivity index (χ1) is 6.66. The van der Waals surface area contributed by atoms with Crippen LogP contribution in [0.15, 0.2) is 11.8 Å². The third-order valence-corrected chi connectivity index (χ3v) is 2.03. The number of carbonyl (C=O) groups is 1. The summed E-state index contributed by atoms with van der Waals surface area (Å²) in [4.78, 5) is 10.2. The first-order valence-corrected chi connectivity index (χ1v) is 5.26. The zero-order valence-electron chi connectivity index (χ0n) is 8.83. The Morgan fingerprint density at radius 1 is 1.14 bits per heavy atom. The molecule has 3 nitrogen and oxygen atoms in total. The minimum atomic E-state index is -0.865. The Morgan fingerprint density at radius 2 is 1.86 bits per heavy atom. The average molecular weight is 200 g/mol. The molecule has 0 aliphatic heterocycles. The van der Waals surface area contributed by atoms with E-state index in [1.54, 1.807) is 6.08 Å². The lowest BCUT2D eigenvalue weighted by Crippen LogP contribution is -1.95. The molecule has 82 valence electrons. The lowest BCUT2D eigenvalue weighted by atomic mass is 10.1. The van der Waals surface area contributed by atoms with Crippen LogP contribution in [-0.4, -0.2) is 16.2 Å². The number of rotatable bonds is 8. The maximum atomic E-state index is 10.2. The van der Waals surface area contributed by atoms with Crippen LogP contribution in [-0.2, 0) is 4.79 Å². The van der Waals surface area contributed by atoms with Gasteiger partial charge in [-0.05, 0) is 18.9 Å². The topological polar surface area (TPSA) is 57.5 Å². The van der Waals surface area contributed by atoms with Gasteiger partial charge in [0.05, 0.1) is 12.2 Å². The van der Waals surface area contributed by atoms with Gasteiger partial charge in [-0.15, -0.1) is 0 Å². The summed E-state index contributed by atoms with van der Waals surface area (Å²) in [7, 11) is 0. The Morgan fingerprint density at radius 3 is 2.43 bits per heavy atom. The zero-order valence-corrected chi connectivity index (χ0v) is 8.83. The molecule has 0 aromatic heterocycles. The molecule has 0 bridgehead atoms. The monoisotopic (exact) mass is 200 g/mol. The second-order valence-corrected chi connectivity index (χ2v) is 3.44. The number of unbranched alkanes of at least 4 members (excludes halogenated alkanes) is 4. The first-order valence-electron chi connectivity index (χ1n) is 5.26. The summed E-state index contributed by atoms with van der Waals surface area (Å²) < 4.78 is 0. The molecule has 0 aliphatic rings. The lowest BCUT2D eigenvalue weighted by molar-refractivity contribution is -0.137. The summed E-state index contributed by atoms with van der Waals surface area (Å²) in [5.74, 6) is -0.653. The van der Waals surface area contributed by atoms with Crippen LogP contribution in [0.1, 0.15) is 51.9 Å². The van der Waals surface area contributed by atoms with Crippen molar-refractivity contribution in [2.24, 2.45) is 0 Å². The van der Waals surface area contributed by atoms with Gasteiger partial charge in [0.15, 0.2) is 0 Å². The number of carboxylic acid groups (broad SMARTS) is 1. The molecule has 0 aliphatic carbocycles. The van der Waals surface area contributed by atoms with Crippen molar-refractivity contribution >= 4 is 5.97 Å². The predicted octanol–water partition coefficient (Wildman–Crippen LogP) is 3.26. The van der Waals surface area contributed by atoms with Gasteiger partial charge in [-0.3, -0.25) is 4.79 Å². The van der Waals surface area contributed by atoms with Crippen molar-refractivity contribution in [1.82, 2.24) is 0 Å². The van der Waals surface area contributed by atoms with E-state index in [0.717, 1.165) is 12.8 Å². The molecule has 0 aromatic rings. The van der Waals surface area contributed by atoms with Crippen LogP contribution in [0.25, 0.3) is 0 Å². The largest absolute Gasteiger partial charge is 0.513 e. The molecule has 2 N–H and O–H groups in total. The first kappa shape index (κ1) is 13.0. The summed E-state index contributed by atoms with van der Waals surface area (Å²) in [6, 6.07) is 0. The van der Waals surface area contributed by atoms with Crippen molar-refractivity contribution < 1.29 is 15.0 Å². The standard InChI is InChI=1S/C11H20O3/c1-2-3-4-5-6-7-10(12)8-9-11(13)14/h7,12H,2-6,8-9H2,1H3,(H,13,14). The van der Waals surface area contributed by atoms with E-state index in [9.17, 15) is 9.90 Å². The number of aliphatic hydroxyl groups excluding tert-OH is 1. The molecule has 0 fully saturated rings. The van der Waals surface area contributed by atoms with Gasteiger partial charge in [0.1, 0.15) is 0 Å². The van der Waals surface area contributed by atoms with Crippen molar-refractivity contribution in [3.8, 4) is 0 Å². The quantitative estimate of drug-likeness (QED) is 0.467. The highest BCUT2D eigenvalue weighted by Gasteiger charge is 1.99. The van der Waals surface area contributed by atoms with Gasteiger partial charge in [-0.2, -0.15) is 0 Å². The highest BCUT2D eigenvalue weighted by molar-refractivity contribution is 5.66. The molecule has 0 saturated carbocycles. The fourth-order valence-corrected chi connectivity index (χ4v) is 1.18. The molecule has 0 unspecified atom stereocenters. The van der Waals surface area contributed by atoms with E-state index in [1.807, 2.05) is 0 Å². The molecule has 3 heteroatoms. The van der Waals surface area contributed by atoms with Crippen LogP contribution >= 0.6 is 0 Å². The minimum absolute atomic E-state index is 0.0112. The molecule has 0 atom stereocenters. The van der Waals surface area contributed by atoms with Gasteiger partial charge >= 0.3 is 5.97 Å². The number of carboxylic acids is 1. The Balaban J connectivity index is 3.41. The SMILES string of the molecule is CCCCCCC=C(O)CCC(=O)O. The second kappa shape index (κ2) is 8.60. The molecule has 14 heavy (non-hydrogen) atoms. The number of aliphatic hydroxyl groups is 1. The third kappa shape index (κ3) is 9.10. The second-order valence-electron chi connectivity index (χ2n) is 3.44. The average Bonchev–Trinajstić information content (AvgIpc) is 2.14. The van der Waals surface area contributed by atoms with Crippen molar-refractivity contribution in [2.75, 3.05) is 0 Å². The minimum Gasteiger partial charge on any atom is -0.513 e. The molecule has 0 amide bonds. The maximum absolute atomic E-state index is 10.2. The highest BCUT2D eigenvalue weighted by atomic mass is 16.4. The summed E-state index contributed by atoms with van der Waals surface area (Å²) in [6.45, 7) is 2.15. The molecule has 0 saturated heterocycles. The Bertz CT molecular complexity index is 185. The van der Waals surface area contributed by atoms with Crippen LogP contribution in [0, 0.1) is 0 Å². The van der Waals surface area contributed by atoms with Gasteiger partial charge in [0.25, 0.3) is 0 Å². The molecule has 0 aromatic carbocycles. The smallest absolute Gasteiger partial charge is 0.303 e. The lowest BCUT2D eigenvalue weighted by Gasteiger charge is -1.98. The molecule has 0 heterocycles. The maximum Gasteiger partial charge on any atom is 0.303 e. The fraction of sp³-hybridized carbons (Fsp3) is 0.727. The fourth-order valence-electron chi connectivity index (χ4n) is 1.18. The van der Waals surface area contributed by atoms with Gasteiger partial charge in [-0.25, -0.2) is 0 Å². The van der Waals surface area contributed by atoms with Gasteiger partial charge < -0.3 is 10.2 Å². The van der Waals surface area contributed by atoms with Gasteiger partial charge in [0, 0.05) is 6.42 Å². The van der Waals surface area contributed by atoms with E-state index < -0.39 is 5.97 Å². The molecule has 0 spiro atoms. The molecular formula is C11H20O3. The Kier molecular flexibility index (Phi) is 7.99. The van der Waals surface area contributed by atoms with Crippen molar-refractivity contribution in [3.05, 3.63) is 11.8 Å².